The highest BCUT2D eigenvalue weighted by molar-refractivity contribution is 7.07. The summed E-state index contributed by atoms with van der Waals surface area (Å²) in [4.78, 5) is 31.4. The fraction of sp³-hybridized carbons (Fsp3) is 0.296. The molecule has 8 heteroatoms. The van der Waals surface area contributed by atoms with Gasteiger partial charge in [-0.25, -0.2) is 9.79 Å². The summed E-state index contributed by atoms with van der Waals surface area (Å²) < 4.78 is 18.4. The van der Waals surface area contributed by atoms with E-state index in [1.165, 1.54) is 18.4 Å². The molecule has 1 aliphatic rings. The monoisotopic (exact) mass is 492 g/mol. The van der Waals surface area contributed by atoms with Crippen molar-refractivity contribution in [1.29, 1.82) is 0 Å². The largest absolute Gasteiger partial charge is 0.493 e. The summed E-state index contributed by atoms with van der Waals surface area (Å²) in [5.74, 6) is 0.772. The van der Waals surface area contributed by atoms with Gasteiger partial charge in [0.25, 0.3) is 5.56 Å². The Morgan fingerprint density at radius 2 is 1.91 bits per heavy atom. The van der Waals surface area contributed by atoms with E-state index >= 15 is 0 Å². The van der Waals surface area contributed by atoms with E-state index in [4.69, 9.17) is 14.2 Å². The fourth-order valence-corrected chi connectivity index (χ4v) is 5.06. The van der Waals surface area contributed by atoms with Crippen molar-refractivity contribution in [3.8, 4) is 11.5 Å². The van der Waals surface area contributed by atoms with Crippen LogP contribution in [0.25, 0.3) is 6.08 Å². The zero-order valence-corrected chi connectivity index (χ0v) is 21.1. The lowest BCUT2D eigenvalue weighted by Gasteiger charge is -2.24. The molecule has 1 unspecified atom stereocenters. The van der Waals surface area contributed by atoms with Gasteiger partial charge in [0, 0.05) is 0 Å². The number of rotatable bonds is 8. The molecule has 7 nitrogen and oxygen atoms in total. The number of methoxy groups -OCH3 is 2. The Balaban J connectivity index is 1.82. The molecule has 0 saturated heterocycles. The minimum atomic E-state index is -0.620. The van der Waals surface area contributed by atoms with E-state index in [1.54, 1.807) is 24.7 Å². The number of unbranched alkanes of at least 4 members (excludes halogenated alkanes) is 1. The van der Waals surface area contributed by atoms with Crippen LogP contribution in [0.1, 0.15) is 43.9 Å². The van der Waals surface area contributed by atoms with Crippen molar-refractivity contribution in [2.24, 2.45) is 4.99 Å². The first-order chi connectivity index (χ1) is 17.0. The molecule has 35 heavy (non-hydrogen) atoms. The smallest absolute Gasteiger partial charge is 0.338 e. The van der Waals surface area contributed by atoms with Crippen LogP contribution in [0.4, 0.5) is 0 Å². The molecule has 0 saturated carbocycles. The Hall–Kier alpha value is -3.65. The van der Waals surface area contributed by atoms with Gasteiger partial charge in [-0.2, -0.15) is 0 Å². The van der Waals surface area contributed by atoms with E-state index in [1.807, 2.05) is 48.5 Å². The van der Waals surface area contributed by atoms with E-state index in [0.717, 1.165) is 24.0 Å². The Bertz CT molecular complexity index is 1440. The molecule has 0 N–H and O–H groups in total. The highest BCUT2D eigenvalue weighted by Gasteiger charge is 2.32. The lowest BCUT2D eigenvalue weighted by molar-refractivity contribution is -0.136. The summed E-state index contributed by atoms with van der Waals surface area (Å²) in [6.45, 7) is 4.49. The second-order valence-corrected chi connectivity index (χ2v) is 9.11. The summed E-state index contributed by atoms with van der Waals surface area (Å²) in [5.41, 5.74) is 2.28. The molecule has 0 radical (unpaired) electrons. The van der Waals surface area contributed by atoms with Crippen molar-refractivity contribution in [2.45, 2.75) is 32.7 Å². The molecule has 3 aromatic rings. The third-order valence-corrected chi connectivity index (χ3v) is 6.77. The summed E-state index contributed by atoms with van der Waals surface area (Å²) >= 11 is 1.28. The maximum absolute atomic E-state index is 13.6. The van der Waals surface area contributed by atoms with E-state index in [-0.39, 0.29) is 5.56 Å². The quantitative estimate of drug-likeness (QED) is 0.355. The zero-order chi connectivity index (χ0) is 24.9. The molecule has 4 rings (SSSR count). The van der Waals surface area contributed by atoms with Crippen LogP contribution in [0.2, 0.25) is 0 Å². The summed E-state index contributed by atoms with van der Waals surface area (Å²) in [6.07, 6.45) is 3.81. The number of carbonyl (C=O) groups is 1. The van der Waals surface area contributed by atoms with Crippen LogP contribution < -0.4 is 24.4 Å². The molecule has 0 amide bonds. The van der Waals surface area contributed by atoms with Gasteiger partial charge in [0.1, 0.15) is 0 Å². The van der Waals surface area contributed by atoms with Gasteiger partial charge >= 0.3 is 5.97 Å². The summed E-state index contributed by atoms with van der Waals surface area (Å²) in [5, 5.41) is 0. The van der Waals surface area contributed by atoms with Crippen molar-refractivity contribution >= 4 is 23.4 Å². The van der Waals surface area contributed by atoms with Gasteiger partial charge in [0.05, 0.1) is 42.7 Å². The lowest BCUT2D eigenvalue weighted by atomic mass is 9.96. The highest BCUT2D eigenvalue weighted by atomic mass is 32.1. The first kappa shape index (κ1) is 24.5. The summed E-state index contributed by atoms with van der Waals surface area (Å²) in [6, 6.07) is 14.4. The number of benzene rings is 2. The third kappa shape index (κ3) is 4.93. The van der Waals surface area contributed by atoms with Crippen LogP contribution in [0.5, 0.6) is 11.5 Å². The van der Waals surface area contributed by atoms with Gasteiger partial charge in [-0.05, 0) is 42.7 Å². The number of hydrogen-bond acceptors (Lipinski definition) is 7. The number of thiazole rings is 1. The van der Waals surface area contributed by atoms with Crippen LogP contribution in [0, 0.1) is 0 Å². The number of nitrogens with zero attached hydrogens (tertiary/aromatic N) is 2. The topological polar surface area (TPSA) is 79.1 Å². The minimum absolute atomic E-state index is 0.223. The van der Waals surface area contributed by atoms with Crippen molar-refractivity contribution in [3.63, 3.8) is 0 Å². The predicted octanol–water partition coefficient (Wildman–Crippen LogP) is 3.60. The molecule has 2 aromatic carbocycles. The third-order valence-electron chi connectivity index (χ3n) is 5.78. The van der Waals surface area contributed by atoms with E-state index in [9.17, 15) is 9.59 Å². The van der Waals surface area contributed by atoms with Crippen molar-refractivity contribution in [1.82, 2.24) is 4.57 Å². The number of ether oxygens (including phenoxy) is 3. The molecule has 0 bridgehead atoms. The van der Waals surface area contributed by atoms with Crippen LogP contribution >= 0.6 is 11.3 Å². The number of esters is 1. The van der Waals surface area contributed by atoms with Gasteiger partial charge in [-0.1, -0.05) is 61.1 Å². The number of allylic oxidation sites excluding steroid dienone is 1. The number of hydrogen-bond donors (Lipinski definition) is 0. The molecular weight excluding hydrogens is 464 g/mol. The molecule has 0 spiro atoms. The van der Waals surface area contributed by atoms with Gasteiger partial charge in [-0.3, -0.25) is 9.36 Å². The van der Waals surface area contributed by atoms with E-state index in [2.05, 4.69) is 11.9 Å². The lowest BCUT2D eigenvalue weighted by Crippen LogP contribution is -2.39. The Morgan fingerprint density at radius 3 is 2.60 bits per heavy atom. The van der Waals surface area contributed by atoms with Gasteiger partial charge in [0.15, 0.2) is 16.3 Å². The number of carbonyl (C=O) groups excluding carboxylic acids is 1. The van der Waals surface area contributed by atoms with Crippen LogP contribution in [-0.4, -0.2) is 31.4 Å². The van der Waals surface area contributed by atoms with Crippen molar-refractivity contribution in [3.05, 3.63) is 90.6 Å². The average molecular weight is 493 g/mol. The normalized spacial score (nSPS) is 15.4. The molecule has 2 heterocycles. The first-order valence-corrected chi connectivity index (χ1v) is 12.3. The molecule has 1 aliphatic heterocycles. The fourth-order valence-electron chi connectivity index (χ4n) is 4.01. The van der Waals surface area contributed by atoms with Crippen LogP contribution in [0.3, 0.4) is 0 Å². The second kappa shape index (κ2) is 10.7. The molecular formula is C27H28N2O5S. The van der Waals surface area contributed by atoms with Crippen molar-refractivity contribution in [2.75, 3.05) is 20.8 Å². The van der Waals surface area contributed by atoms with E-state index in [0.29, 0.717) is 38.7 Å². The Labute approximate surface area is 207 Å². The van der Waals surface area contributed by atoms with Gasteiger partial charge in [0.2, 0.25) is 0 Å². The zero-order valence-electron chi connectivity index (χ0n) is 20.2. The van der Waals surface area contributed by atoms with Gasteiger partial charge in [-0.15, -0.1) is 0 Å². The minimum Gasteiger partial charge on any atom is -0.493 e. The SMILES string of the molecule is CCCCOc1ccc(C=c2sc3n(c2=O)C(c2ccccc2)C(C(=O)OC)=C(C)N=3)cc1OC. The van der Waals surface area contributed by atoms with Crippen LogP contribution in [0.15, 0.2) is 69.6 Å². The molecule has 1 atom stereocenters. The Morgan fingerprint density at radius 1 is 1.14 bits per heavy atom. The van der Waals surface area contributed by atoms with Gasteiger partial charge < -0.3 is 14.2 Å². The standard InChI is InChI=1S/C27H28N2O5S/c1-5-6-14-34-20-13-12-18(15-21(20)32-3)16-22-25(30)29-24(19-10-8-7-9-11-19)23(26(31)33-4)17(2)28-27(29)35-22/h7-13,15-16,24H,5-6,14H2,1-4H3. The average Bonchev–Trinajstić information content (AvgIpc) is 3.18. The maximum Gasteiger partial charge on any atom is 0.338 e. The number of aromatic nitrogens is 1. The maximum atomic E-state index is 13.6. The molecule has 0 aliphatic carbocycles. The first-order valence-electron chi connectivity index (χ1n) is 11.4. The second-order valence-electron chi connectivity index (χ2n) is 8.10. The summed E-state index contributed by atoms with van der Waals surface area (Å²) in [7, 11) is 2.93. The van der Waals surface area contributed by atoms with E-state index < -0.39 is 12.0 Å². The molecule has 0 fully saturated rings. The molecule has 182 valence electrons. The Kier molecular flexibility index (Phi) is 7.51. The highest BCUT2D eigenvalue weighted by Crippen LogP contribution is 2.31. The van der Waals surface area contributed by atoms with Crippen LogP contribution in [-0.2, 0) is 9.53 Å². The number of fused-ring (bicyclic) bond motifs is 1. The van der Waals surface area contributed by atoms with Crippen molar-refractivity contribution < 1.29 is 19.0 Å². The predicted molar refractivity (Wildman–Crippen MR) is 136 cm³/mol. The molecule has 1 aromatic heterocycles.